The standard InChI is InChI=1S/C18H24N2O5S/c21-13(24-15-8-5-9-10(6-8)17(22)25-16(9)15)4-2-1-3-12-14-11(7-26-12)19-18(23)20-14/h8-12,14-16H,1-7H2,(H2,19,20,23)/t8?,9?,10?,11-,12-,14-,15?,16?/m0/s1. The number of rotatable bonds is 6. The Kier molecular flexibility index (Phi) is 4.06. The molecule has 0 aromatic carbocycles. The van der Waals surface area contributed by atoms with Crippen LogP contribution in [-0.4, -0.2) is 53.3 Å². The molecular weight excluding hydrogens is 356 g/mol. The lowest BCUT2D eigenvalue weighted by molar-refractivity contribution is -0.161. The number of amides is 2. The topological polar surface area (TPSA) is 93.7 Å². The summed E-state index contributed by atoms with van der Waals surface area (Å²) in [6.45, 7) is 0. The molecule has 0 radical (unpaired) electrons. The number of esters is 2. The van der Waals surface area contributed by atoms with Crippen molar-refractivity contribution in [3.63, 3.8) is 0 Å². The first kappa shape index (κ1) is 16.7. The third-order valence-corrected chi connectivity index (χ3v) is 8.25. The van der Waals surface area contributed by atoms with Crippen LogP contribution in [0.4, 0.5) is 4.79 Å². The number of carbonyl (C=O) groups is 3. The van der Waals surface area contributed by atoms with Gasteiger partial charge in [-0.1, -0.05) is 6.42 Å². The first-order chi connectivity index (χ1) is 12.6. The number of nitrogens with one attached hydrogen (secondary N) is 2. The van der Waals surface area contributed by atoms with Crippen LogP contribution < -0.4 is 10.6 Å². The molecule has 7 nitrogen and oxygen atoms in total. The van der Waals surface area contributed by atoms with Crippen molar-refractivity contribution < 1.29 is 23.9 Å². The Labute approximate surface area is 156 Å². The van der Waals surface area contributed by atoms with Crippen LogP contribution in [0, 0.1) is 17.8 Å². The molecule has 2 amide bonds. The summed E-state index contributed by atoms with van der Waals surface area (Å²) in [5, 5.41) is 6.36. The van der Waals surface area contributed by atoms with Gasteiger partial charge in [-0.25, -0.2) is 4.79 Å². The van der Waals surface area contributed by atoms with Crippen LogP contribution in [0.5, 0.6) is 0 Å². The smallest absolute Gasteiger partial charge is 0.315 e. The molecule has 0 aromatic rings. The molecule has 2 bridgehead atoms. The summed E-state index contributed by atoms with van der Waals surface area (Å²) in [4.78, 5) is 35.4. The summed E-state index contributed by atoms with van der Waals surface area (Å²) >= 11 is 1.90. The van der Waals surface area contributed by atoms with Crippen molar-refractivity contribution in [2.24, 2.45) is 17.8 Å². The molecule has 3 saturated heterocycles. The highest BCUT2D eigenvalue weighted by atomic mass is 32.2. The fourth-order valence-corrected chi connectivity index (χ4v) is 7.08. The van der Waals surface area contributed by atoms with Gasteiger partial charge < -0.3 is 20.1 Å². The van der Waals surface area contributed by atoms with Gasteiger partial charge in [0.15, 0.2) is 0 Å². The van der Waals surface area contributed by atoms with E-state index in [0.29, 0.717) is 17.6 Å². The maximum absolute atomic E-state index is 12.2. The molecule has 2 N–H and O–H groups in total. The normalized spacial score (nSPS) is 44.6. The Morgan fingerprint density at radius 2 is 2.12 bits per heavy atom. The average molecular weight is 380 g/mol. The highest BCUT2D eigenvalue weighted by molar-refractivity contribution is 8.00. The quantitative estimate of drug-likeness (QED) is 0.409. The van der Waals surface area contributed by atoms with Gasteiger partial charge in [0.25, 0.3) is 0 Å². The second-order valence-electron chi connectivity index (χ2n) is 8.23. The lowest BCUT2D eigenvalue weighted by Gasteiger charge is -2.25. The molecule has 26 heavy (non-hydrogen) atoms. The molecule has 8 atom stereocenters. The molecule has 5 aliphatic rings. The van der Waals surface area contributed by atoms with Gasteiger partial charge in [0.1, 0.15) is 12.2 Å². The van der Waals surface area contributed by atoms with Gasteiger partial charge in [0.05, 0.1) is 18.0 Å². The number of fused-ring (bicyclic) bond motifs is 2. The number of unbranched alkanes of at least 4 members (excludes halogenated alkanes) is 1. The fourth-order valence-electron chi connectivity index (χ4n) is 5.53. The fraction of sp³-hybridized carbons (Fsp3) is 0.833. The molecule has 0 aromatic heterocycles. The predicted molar refractivity (Wildman–Crippen MR) is 93.4 cm³/mol. The van der Waals surface area contributed by atoms with E-state index < -0.39 is 0 Å². The summed E-state index contributed by atoms with van der Waals surface area (Å²) in [6.07, 6.45) is 4.51. The van der Waals surface area contributed by atoms with E-state index in [4.69, 9.17) is 9.47 Å². The maximum Gasteiger partial charge on any atom is 0.315 e. The minimum Gasteiger partial charge on any atom is -0.458 e. The van der Waals surface area contributed by atoms with Crippen LogP contribution in [0.1, 0.15) is 38.5 Å². The van der Waals surface area contributed by atoms with E-state index >= 15 is 0 Å². The molecule has 142 valence electrons. The number of carbonyl (C=O) groups excluding carboxylic acids is 3. The van der Waals surface area contributed by atoms with Crippen LogP contribution >= 0.6 is 11.8 Å². The highest BCUT2D eigenvalue weighted by Gasteiger charge is 2.63. The number of ether oxygens (including phenoxy) is 2. The van der Waals surface area contributed by atoms with Crippen LogP contribution in [-0.2, 0) is 19.1 Å². The SMILES string of the molecule is O=C1N[C@H]2[C@H](CS[C@H]2CCCCC(=O)OC2C3CC4C(=O)OC2C4C3)N1. The minimum atomic E-state index is -0.221. The lowest BCUT2D eigenvalue weighted by Crippen LogP contribution is -2.36. The lowest BCUT2D eigenvalue weighted by atomic mass is 9.88. The zero-order valence-corrected chi connectivity index (χ0v) is 15.3. The average Bonchev–Trinajstić information content (AvgIpc) is 3.35. The number of urea groups is 1. The van der Waals surface area contributed by atoms with Gasteiger partial charge in [-0.15, -0.1) is 0 Å². The van der Waals surface area contributed by atoms with E-state index in [1.165, 1.54) is 0 Å². The predicted octanol–water partition coefficient (Wildman–Crippen LogP) is 1.21. The monoisotopic (exact) mass is 380 g/mol. The van der Waals surface area contributed by atoms with Crippen molar-refractivity contribution in [3.05, 3.63) is 0 Å². The summed E-state index contributed by atoms with van der Waals surface area (Å²) in [5.74, 6) is 1.32. The second-order valence-corrected chi connectivity index (χ2v) is 9.50. The van der Waals surface area contributed by atoms with Gasteiger partial charge in [0.2, 0.25) is 0 Å². The van der Waals surface area contributed by atoms with Crippen molar-refractivity contribution in [1.82, 2.24) is 10.6 Å². The van der Waals surface area contributed by atoms with Crippen LogP contribution in [0.25, 0.3) is 0 Å². The Morgan fingerprint density at radius 1 is 1.23 bits per heavy atom. The summed E-state index contributed by atoms with van der Waals surface area (Å²) in [7, 11) is 0. The Hall–Kier alpha value is -1.44. The summed E-state index contributed by atoms with van der Waals surface area (Å²) < 4.78 is 11.1. The van der Waals surface area contributed by atoms with E-state index in [0.717, 1.165) is 37.9 Å². The molecule has 2 saturated carbocycles. The van der Waals surface area contributed by atoms with Gasteiger partial charge in [-0.3, -0.25) is 9.59 Å². The third kappa shape index (κ3) is 2.68. The van der Waals surface area contributed by atoms with E-state index in [2.05, 4.69) is 10.6 Å². The molecule has 5 fully saturated rings. The van der Waals surface area contributed by atoms with Crippen molar-refractivity contribution >= 4 is 29.7 Å². The van der Waals surface area contributed by atoms with Crippen molar-refractivity contribution in [2.45, 2.75) is 68.1 Å². The van der Waals surface area contributed by atoms with E-state index in [1.54, 1.807) is 0 Å². The molecule has 0 spiro atoms. The zero-order chi connectivity index (χ0) is 17.8. The van der Waals surface area contributed by atoms with E-state index in [1.807, 2.05) is 11.8 Å². The van der Waals surface area contributed by atoms with Crippen molar-refractivity contribution in [2.75, 3.05) is 5.75 Å². The molecule has 3 aliphatic heterocycles. The number of thioether (sulfide) groups is 1. The van der Waals surface area contributed by atoms with Gasteiger partial charge in [-0.05, 0) is 25.7 Å². The molecule has 2 aliphatic carbocycles. The summed E-state index contributed by atoms with van der Waals surface area (Å²) in [5.41, 5.74) is 0. The van der Waals surface area contributed by atoms with Crippen LogP contribution in [0.15, 0.2) is 0 Å². The van der Waals surface area contributed by atoms with Crippen LogP contribution in [0.3, 0.4) is 0 Å². The third-order valence-electron chi connectivity index (χ3n) is 6.74. The Bertz CT molecular complexity index is 643. The molecule has 5 rings (SSSR count). The minimum absolute atomic E-state index is 0.0539. The highest BCUT2D eigenvalue weighted by Crippen LogP contribution is 2.55. The van der Waals surface area contributed by atoms with E-state index in [9.17, 15) is 14.4 Å². The molecule has 5 unspecified atom stereocenters. The first-order valence-corrected chi connectivity index (χ1v) is 10.7. The van der Waals surface area contributed by atoms with Gasteiger partial charge in [0, 0.05) is 29.3 Å². The zero-order valence-electron chi connectivity index (χ0n) is 14.5. The Balaban J connectivity index is 1.04. The second kappa shape index (κ2) is 6.32. The van der Waals surface area contributed by atoms with Gasteiger partial charge in [-0.2, -0.15) is 11.8 Å². The van der Waals surface area contributed by atoms with Gasteiger partial charge >= 0.3 is 18.0 Å². The largest absolute Gasteiger partial charge is 0.458 e. The van der Waals surface area contributed by atoms with Crippen LogP contribution in [0.2, 0.25) is 0 Å². The number of hydrogen-bond acceptors (Lipinski definition) is 6. The first-order valence-electron chi connectivity index (χ1n) is 9.69. The number of hydrogen-bond donors (Lipinski definition) is 2. The maximum atomic E-state index is 12.2. The molecule has 8 heteroatoms. The summed E-state index contributed by atoms with van der Waals surface area (Å²) in [6, 6.07) is 0.409. The Morgan fingerprint density at radius 3 is 3.00 bits per heavy atom. The molecular formula is C18H24N2O5S. The van der Waals surface area contributed by atoms with E-state index in [-0.39, 0.29) is 54.1 Å². The van der Waals surface area contributed by atoms with Crippen molar-refractivity contribution in [1.29, 1.82) is 0 Å². The molecule has 3 heterocycles. The van der Waals surface area contributed by atoms with Crippen molar-refractivity contribution in [3.8, 4) is 0 Å².